The molecule has 3 aliphatic rings. The number of carbonyl (C=O) groups excluding carboxylic acids is 3. The van der Waals surface area contributed by atoms with E-state index in [0.29, 0.717) is 6.54 Å². The molecule has 3 fully saturated rings. The van der Waals surface area contributed by atoms with Gasteiger partial charge in [-0.2, -0.15) is 0 Å². The minimum absolute atomic E-state index is 0.0112. The molecular weight excluding hydrogens is 425 g/mol. The number of amides is 4. The molecule has 33 heavy (non-hydrogen) atoms. The van der Waals surface area contributed by atoms with Crippen LogP contribution in [-0.2, 0) is 16.1 Å². The van der Waals surface area contributed by atoms with E-state index < -0.39 is 12.2 Å². The van der Waals surface area contributed by atoms with Gasteiger partial charge in [-0.1, -0.05) is 45.2 Å². The van der Waals surface area contributed by atoms with Gasteiger partial charge in [-0.3, -0.25) is 9.59 Å². The number of hydrogen-bond acceptors (Lipinski definition) is 4. The number of benzene rings is 1. The summed E-state index contributed by atoms with van der Waals surface area (Å²) in [6.45, 7) is 4.61. The second-order valence-electron chi connectivity index (χ2n) is 9.49. The lowest BCUT2D eigenvalue weighted by Gasteiger charge is -2.56. The second kappa shape index (κ2) is 9.67. The number of piperazine rings is 1. The van der Waals surface area contributed by atoms with Gasteiger partial charge in [-0.15, -0.1) is 0 Å². The second-order valence-corrected chi connectivity index (χ2v) is 9.49. The van der Waals surface area contributed by atoms with Crippen molar-refractivity contribution in [3.05, 3.63) is 35.6 Å². The molecule has 9 heteroatoms. The van der Waals surface area contributed by atoms with E-state index in [1.807, 2.05) is 18.7 Å². The number of nitrogens with zero attached hydrogens (tertiary/aromatic N) is 4. The molecule has 1 saturated carbocycles. The topological polar surface area (TPSA) is 76.2 Å². The molecule has 8 nitrogen and oxygen atoms in total. The molecule has 1 N–H and O–H groups in total. The Bertz CT molecular complexity index is 889. The molecule has 3 atom stereocenters. The van der Waals surface area contributed by atoms with E-state index in [1.165, 1.54) is 12.1 Å². The molecule has 2 aliphatic heterocycles. The Kier molecular flexibility index (Phi) is 6.88. The molecule has 2 heterocycles. The minimum atomic E-state index is -0.567. The van der Waals surface area contributed by atoms with Crippen molar-refractivity contribution in [2.75, 3.05) is 20.1 Å². The molecular formula is C24H34FN5O3. The highest BCUT2D eigenvalue weighted by molar-refractivity contribution is 5.91. The molecule has 1 aromatic rings. The Morgan fingerprint density at radius 1 is 1.18 bits per heavy atom. The van der Waals surface area contributed by atoms with E-state index >= 15 is 0 Å². The van der Waals surface area contributed by atoms with Gasteiger partial charge < -0.3 is 15.1 Å². The van der Waals surface area contributed by atoms with Crippen LogP contribution in [0, 0.1) is 11.7 Å². The van der Waals surface area contributed by atoms with Crippen LogP contribution in [0.15, 0.2) is 24.3 Å². The quantitative estimate of drug-likeness (QED) is 0.734. The van der Waals surface area contributed by atoms with Crippen molar-refractivity contribution in [2.24, 2.45) is 5.92 Å². The van der Waals surface area contributed by atoms with E-state index in [-0.39, 0.29) is 48.7 Å². The van der Waals surface area contributed by atoms with Crippen molar-refractivity contribution in [1.29, 1.82) is 0 Å². The maximum Gasteiger partial charge on any atom is 0.334 e. The van der Waals surface area contributed by atoms with Gasteiger partial charge in [0.25, 0.3) is 0 Å². The van der Waals surface area contributed by atoms with E-state index in [9.17, 15) is 18.8 Å². The third kappa shape index (κ3) is 4.55. The largest absolute Gasteiger partial charge is 0.334 e. The zero-order chi connectivity index (χ0) is 23.7. The van der Waals surface area contributed by atoms with E-state index in [0.717, 1.165) is 37.7 Å². The number of urea groups is 1. The zero-order valence-corrected chi connectivity index (χ0v) is 19.7. The Hall–Kier alpha value is -2.68. The van der Waals surface area contributed by atoms with Crippen LogP contribution in [0.25, 0.3) is 0 Å². The van der Waals surface area contributed by atoms with Crippen molar-refractivity contribution in [3.63, 3.8) is 0 Å². The number of likely N-dealkylation sites (N-methyl/N-ethyl adjacent to an activating group) is 1. The molecule has 180 valence electrons. The van der Waals surface area contributed by atoms with E-state index in [1.54, 1.807) is 34.1 Å². The number of fused-ring (bicyclic) bond motifs is 1. The lowest BCUT2D eigenvalue weighted by atomic mass is 9.91. The first-order valence-corrected chi connectivity index (χ1v) is 12.0. The lowest BCUT2D eigenvalue weighted by Crippen LogP contribution is -2.77. The van der Waals surface area contributed by atoms with Gasteiger partial charge in [0.15, 0.2) is 0 Å². The Balaban J connectivity index is 1.60. The van der Waals surface area contributed by atoms with Crippen LogP contribution in [0.5, 0.6) is 0 Å². The fraction of sp³-hybridized carbons (Fsp3) is 0.625. The van der Waals surface area contributed by atoms with Crippen LogP contribution < -0.4 is 5.32 Å². The summed E-state index contributed by atoms with van der Waals surface area (Å²) in [6.07, 6.45) is 4.33. The summed E-state index contributed by atoms with van der Waals surface area (Å²) in [5.41, 5.74) is 0.779. The molecule has 0 bridgehead atoms. The average molecular weight is 460 g/mol. The normalized spacial score (nSPS) is 25.4. The molecule has 4 rings (SSSR count). The highest BCUT2D eigenvalue weighted by Crippen LogP contribution is 2.34. The number of hydrazine groups is 1. The number of carbonyl (C=O) groups is 3. The SMILES string of the molecule is CCC(C)[C@H]1C(=O)N(C2CCCC2)C[C@H]2N1C(=O)CN(C)N2C(=O)NCc1ccc(F)cc1. The molecule has 1 aromatic carbocycles. The maximum atomic E-state index is 13.6. The first kappa shape index (κ1) is 23.5. The van der Waals surface area contributed by atoms with Crippen LogP contribution in [0.2, 0.25) is 0 Å². The number of hydrogen-bond donors (Lipinski definition) is 1. The van der Waals surface area contributed by atoms with Crippen molar-refractivity contribution < 1.29 is 18.8 Å². The third-order valence-corrected chi connectivity index (χ3v) is 7.33. The predicted molar refractivity (Wildman–Crippen MR) is 121 cm³/mol. The monoisotopic (exact) mass is 459 g/mol. The Labute approximate surface area is 194 Å². The fourth-order valence-corrected chi connectivity index (χ4v) is 5.36. The average Bonchev–Trinajstić information content (AvgIpc) is 3.33. The summed E-state index contributed by atoms with van der Waals surface area (Å²) < 4.78 is 13.2. The van der Waals surface area contributed by atoms with Crippen molar-refractivity contribution >= 4 is 17.8 Å². The molecule has 0 aromatic heterocycles. The van der Waals surface area contributed by atoms with Gasteiger partial charge >= 0.3 is 6.03 Å². The highest BCUT2D eigenvalue weighted by atomic mass is 19.1. The Morgan fingerprint density at radius 2 is 1.85 bits per heavy atom. The first-order chi connectivity index (χ1) is 15.8. The number of nitrogens with one attached hydrogen (secondary N) is 1. The van der Waals surface area contributed by atoms with Crippen LogP contribution in [0.4, 0.5) is 9.18 Å². The lowest BCUT2D eigenvalue weighted by molar-refractivity contribution is -0.192. The zero-order valence-electron chi connectivity index (χ0n) is 19.7. The number of rotatable bonds is 5. The molecule has 0 radical (unpaired) electrons. The molecule has 4 amide bonds. The summed E-state index contributed by atoms with van der Waals surface area (Å²) in [4.78, 5) is 43.6. The van der Waals surface area contributed by atoms with Crippen LogP contribution in [0.3, 0.4) is 0 Å². The van der Waals surface area contributed by atoms with Crippen LogP contribution in [0.1, 0.15) is 51.5 Å². The van der Waals surface area contributed by atoms with Crippen molar-refractivity contribution in [2.45, 2.75) is 70.7 Å². The highest BCUT2D eigenvalue weighted by Gasteiger charge is 2.53. The van der Waals surface area contributed by atoms with Crippen LogP contribution >= 0.6 is 0 Å². The predicted octanol–water partition coefficient (Wildman–Crippen LogP) is 2.55. The van der Waals surface area contributed by atoms with Crippen molar-refractivity contribution in [1.82, 2.24) is 25.1 Å². The first-order valence-electron chi connectivity index (χ1n) is 12.0. The summed E-state index contributed by atoms with van der Waals surface area (Å²) in [5.74, 6) is -0.461. The van der Waals surface area contributed by atoms with Crippen LogP contribution in [-0.4, -0.2) is 76.0 Å². The molecule has 1 aliphatic carbocycles. The summed E-state index contributed by atoms with van der Waals surface area (Å²) in [6, 6.07) is 5.24. The molecule has 1 unspecified atom stereocenters. The van der Waals surface area contributed by atoms with Gasteiger partial charge in [0, 0.05) is 19.6 Å². The summed E-state index contributed by atoms with van der Waals surface area (Å²) in [7, 11) is 1.72. The standard InChI is InChI=1S/C24H34FN5O3/c1-4-16(2)22-23(32)28(19-7-5-6-8-19)14-20-29(22)21(31)15-27(3)30(20)24(33)26-13-17-9-11-18(25)12-10-17/h9-12,16,19-20,22H,4-8,13-15H2,1-3H3,(H,26,33)/t16?,20-,22-/m0/s1. The third-order valence-electron chi connectivity index (χ3n) is 7.33. The van der Waals surface area contributed by atoms with Gasteiger partial charge in [0.05, 0.1) is 13.1 Å². The van der Waals surface area contributed by atoms with Gasteiger partial charge in [-0.05, 0) is 36.5 Å². The maximum absolute atomic E-state index is 13.6. The van der Waals surface area contributed by atoms with Gasteiger partial charge in [0.1, 0.15) is 18.0 Å². The fourth-order valence-electron chi connectivity index (χ4n) is 5.36. The van der Waals surface area contributed by atoms with E-state index in [4.69, 9.17) is 0 Å². The molecule has 2 saturated heterocycles. The smallest absolute Gasteiger partial charge is 0.334 e. The minimum Gasteiger partial charge on any atom is -0.334 e. The number of halogens is 1. The summed E-state index contributed by atoms with van der Waals surface area (Å²) in [5, 5.41) is 6.12. The Morgan fingerprint density at radius 3 is 2.48 bits per heavy atom. The summed E-state index contributed by atoms with van der Waals surface area (Å²) >= 11 is 0. The van der Waals surface area contributed by atoms with E-state index in [2.05, 4.69) is 5.32 Å². The van der Waals surface area contributed by atoms with Crippen molar-refractivity contribution in [3.8, 4) is 0 Å². The van der Waals surface area contributed by atoms with Gasteiger partial charge in [0.2, 0.25) is 11.8 Å². The van der Waals surface area contributed by atoms with Gasteiger partial charge in [-0.25, -0.2) is 19.2 Å². The molecule has 0 spiro atoms.